The van der Waals surface area contributed by atoms with E-state index >= 15 is 4.39 Å². The summed E-state index contributed by atoms with van der Waals surface area (Å²) in [6, 6.07) is 11.5. The summed E-state index contributed by atoms with van der Waals surface area (Å²) in [5, 5.41) is 7.48. The van der Waals surface area contributed by atoms with Crippen LogP contribution in [-0.2, 0) is 0 Å². The SMILES string of the molecule is N/N=C(/c1cc(-c2ccc(C(=O)NC3CC3)cc2)cnc1N)N(N)c1ccc(OCCN2CCCCC2)c(F)c1F. The predicted molar refractivity (Wildman–Crippen MR) is 154 cm³/mol. The van der Waals surface area contributed by atoms with E-state index in [4.69, 9.17) is 22.2 Å². The van der Waals surface area contributed by atoms with E-state index in [1.54, 1.807) is 36.5 Å². The van der Waals surface area contributed by atoms with Gasteiger partial charge in [-0.05, 0) is 74.7 Å². The van der Waals surface area contributed by atoms with E-state index in [9.17, 15) is 9.18 Å². The number of aromatic nitrogens is 1. The van der Waals surface area contributed by atoms with Crippen molar-refractivity contribution in [3.63, 3.8) is 0 Å². The first-order valence-corrected chi connectivity index (χ1v) is 13.7. The Kier molecular flexibility index (Phi) is 8.60. The summed E-state index contributed by atoms with van der Waals surface area (Å²) < 4.78 is 35.7. The highest BCUT2D eigenvalue weighted by Gasteiger charge is 2.25. The lowest BCUT2D eigenvalue weighted by Gasteiger charge is -2.26. The molecule has 7 N–H and O–H groups in total. The van der Waals surface area contributed by atoms with E-state index in [0.717, 1.165) is 49.3 Å². The van der Waals surface area contributed by atoms with E-state index in [2.05, 4.69) is 20.3 Å². The molecule has 2 heterocycles. The number of halogens is 2. The molecule has 1 amide bonds. The van der Waals surface area contributed by atoms with Crippen LogP contribution in [-0.4, -0.2) is 53.9 Å². The van der Waals surface area contributed by atoms with E-state index < -0.39 is 11.6 Å². The first kappa shape index (κ1) is 28.2. The summed E-state index contributed by atoms with van der Waals surface area (Å²) in [6.45, 7) is 2.82. The number of likely N-dealkylation sites (tertiary alicyclic amines) is 1. The van der Waals surface area contributed by atoms with Crippen LogP contribution in [0.3, 0.4) is 0 Å². The maximum absolute atomic E-state index is 15.2. The number of hydrogen-bond donors (Lipinski definition) is 4. The fourth-order valence-electron chi connectivity index (χ4n) is 4.79. The smallest absolute Gasteiger partial charge is 0.251 e. The lowest BCUT2D eigenvalue weighted by Crippen LogP contribution is -2.40. The van der Waals surface area contributed by atoms with Gasteiger partial charge in [0.05, 0.1) is 11.3 Å². The van der Waals surface area contributed by atoms with Gasteiger partial charge >= 0.3 is 0 Å². The van der Waals surface area contributed by atoms with Crippen molar-refractivity contribution in [2.75, 3.05) is 37.0 Å². The van der Waals surface area contributed by atoms with Crippen molar-refractivity contribution in [3.05, 3.63) is 71.4 Å². The summed E-state index contributed by atoms with van der Waals surface area (Å²) in [4.78, 5) is 18.8. The van der Waals surface area contributed by atoms with Crippen LogP contribution in [0.4, 0.5) is 20.3 Å². The Morgan fingerprint density at radius 2 is 1.80 bits per heavy atom. The van der Waals surface area contributed by atoms with Crippen molar-refractivity contribution in [2.24, 2.45) is 16.8 Å². The number of piperidine rings is 1. The van der Waals surface area contributed by atoms with Gasteiger partial charge in [0.25, 0.3) is 5.91 Å². The molecule has 0 bridgehead atoms. The van der Waals surface area contributed by atoms with Crippen LogP contribution >= 0.6 is 0 Å². The minimum Gasteiger partial charge on any atom is -0.489 e. The fraction of sp³-hybridized carbons (Fsp3) is 0.345. The van der Waals surface area contributed by atoms with Crippen molar-refractivity contribution < 1.29 is 18.3 Å². The van der Waals surface area contributed by atoms with Crippen molar-refractivity contribution >= 4 is 23.2 Å². The molecule has 3 aromatic rings. The van der Waals surface area contributed by atoms with Crippen LogP contribution in [0.2, 0.25) is 0 Å². The number of ether oxygens (including phenoxy) is 1. The molecule has 1 aliphatic heterocycles. The van der Waals surface area contributed by atoms with Crippen molar-refractivity contribution in [1.29, 1.82) is 0 Å². The summed E-state index contributed by atoms with van der Waals surface area (Å²) in [5.74, 6) is 9.03. The normalized spacial score (nSPS) is 15.9. The van der Waals surface area contributed by atoms with Crippen LogP contribution < -0.4 is 32.5 Å². The number of nitrogens with two attached hydrogens (primary N) is 3. The predicted octanol–water partition coefficient (Wildman–Crippen LogP) is 3.37. The van der Waals surface area contributed by atoms with Crippen LogP contribution in [0.15, 0.2) is 53.8 Å². The number of hydrogen-bond acceptors (Lipinski definition) is 8. The molecule has 216 valence electrons. The molecule has 12 heteroatoms. The molecule has 0 unspecified atom stereocenters. The third-order valence-corrected chi connectivity index (χ3v) is 7.30. The number of carbonyl (C=O) groups is 1. The zero-order chi connectivity index (χ0) is 28.9. The number of anilines is 2. The van der Waals surface area contributed by atoms with Gasteiger partial charge < -0.3 is 21.6 Å². The molecule has 0 spiro atoms. The van der Waals surface area contributed by atoms with Crippen LogP contribution in [0.25, 0.3) is 11.1 Å². The Morgan fingerprint density at radius 3 is 2.49 bits per heavy atom. The number of carbonyl (C=O) groups excluding carboxylic acids is 1. The number of nitrogens with zero attached hydrogens (tertiary/aromatic N) is 4. The first-order valence-electron chi connectivity index (χ1n) is 13.7. The summed E-state index contributed by atoms with van der Waals surface area (Å²) in [5.41, 5.74) is 7.92. The third kappa shape index (κ3) is 6.55. The maximum atomic E-state index is 15.2. The highest BCUT2D eigenvalue weighted by Crippen LogP contribution is 2.30. The number of rotatable bonds is 9. The molecule has 1 aliphatic carbocycles. The van der Waals surface area contributed by atoms with Crippen molar-refractivity contribution in [1.82, 2.24) is 15.2 Å². The summed E-state index contributed by atoms with van der Waals surface area (Å²) in [6.07, 6.45) is 7.01. The molecule has 5 rings (SSSR count). The van der Waals surface area contributed by atoms with Gasteiger partial charge in [0.15, 0.2) is 17.4 Å². The second-order valence-corrected chi connectivity index (χ2v) is 10.3. The van der Waals surface area contributed by atoms with Gasteiger partial charge in [-0.1, -0.05) is 18.6 Å². The largest absolute Gasteiger partial charge is 0.489 e. The first-order chi connectivity index (χ1) is 19.9. The molecule has 1 aromatic heterocycles. The number of nitrogens with one attached hydrogen (secondary N) is 1. The summed E-state index contributed by atoms with van der Waals surface area (Å²) in [7, 11) is 0. The average Bonchev–Trinajstić information content (AvgIpc) is 3.81. The van der Waals surface area contributed by atoms with E-state index in [1.807, 2.05) is 0 Å². The van der Waals surface area contributed by atoms with Gasteiger partial charge in [0, 0.05) is 29.9 Å². The van der Waals surface area contributed by atoms with Crippen molar-refractivity contribution in [3.8, 4) is 16.9 Å². The Morgan fingerprint density at radius 1 is 1.07 bits per heavy atom. The summed E-state index contributed by atoms with van der Waals surface area (Å²) >= 11 is 0. The van der Waals surface area contributed by atoms with Gasteiger partial charge in [-0.15, -0.1) is 0 Å². The van der Waals surface area contributed by atoms with Gasteiger partial charge in [0.1, 0.15) is 12.4 Å². The topological polar surface area (TPSA) is 148 Å². The van der Waals surface area contributed by atoms with Crippen LogP contribution in [0, 0.1) is 11.6 Å². The maximum Gasteiger partial charge on any atom is 0.251 e. The molecular formula is C29H34F2N8O2. The average molecular weight is 565 g/mol. The zero-order valence-electron chi connectivity index (χ0n) is 22.7. The lowest BCUT2D eigenvalue weighted by molar-refractivity contribution is 0.0951. The van der Waals surface area contributed by atoms with Gasteiger partial charge in [-0.2, -0.15) is 9.49 Å². The standard InChI is InChI=1S/C29H34F2N8O2/c30-25-23(10-11-24(26(25)31)41-15-14-38-12-2-1-3-13-38)39(34)28(37-33)22-16-20(17-35-27(22)32)18-4-6-19(7-5-18)29(40)36-21-8-9-21/h4-7,10-11,16-17,21H,1-3,8-9,12-15,33-34H2,(H2,32,35)(H,36,40)/b37-28-. The number of nitrogen functional groups attached to an aromatic ring is 1. The number of benzene rings is 2. The van der Waals surface area contributed by atoms with Crippen LogP contribution in [0.1, 0.15) is 48.0 Å². The van der Waals surface area contributed by atoms with E-state index in [0.29, 0.717) is 17.7 Å². The van der Waals surface area contributed by atoms with E-state index in [-0.39, 0.29) is 47.2 Å². The van der Waals surface area contributed by atoms with Gasteiger partial charge in [-0.3, -0.25) is 14.7 Å². The number of amides is 1. The molecule has 0 radical (unpaired) electrons. The lowest BCUT2D eigenvalue weighted by atomic mass is 10.0. The molecule has 1 saturated carbocycles. The molecule has 0 atom stereocenters. The molecular weight excluding hydrogens is 530 g/mol. The fourth-order valence-corrected chi connectivity index (χ4v) is 4.79. The highest BCUT2D eigenvalue weighted by atomic mass is 19.2. The molecule has 2 fully saturated rings. The second-order valence-electron chi connectivity index (χ2n) is 10.3. The number of hydrazine groups is 1. The Labute approximate surface area is 237 Å². The van der Waals surface area contributed by atoms with Gasteiger partial charge in [0.2, 0.25) is 5.82 Å². The molecule has 1 saturated heterocycles. The molecule has 41 heavy (non-hydrogen) atoms. The minimum absolute atomic E-state index is 0.0346. The monoisotopic (exact) mass is 564 g/mol. The molecule has 2 aromatic carbocycles. The van der Waals surface area contributed by atoms with Crippen molar-refractivity contribution in [2.45, 2.75) is 38.1 Å². The Bertz CT molecular complexity index is 1420. The number of amidine groups is 1. The second kappa shape index (κ2) is 12.5. The molecule has 10 nitrogen and oxygen atoms in total. The van der Waals surface area contributed by atoms with Crippen LogP contribution in [0.5, 0.6) is 5.75 Å². The molecule has 2 aliphatic rings. The number of pyridine rings is 1. The Hall–Kier alpha value is -4.29. The quantitative estimate of drug-likeness (QED) is 0.134. The third-order valence-electron chi connectivity index (χ3n) is 7.30. The zero-order valence-corrected chi connectivity index (χ0v) is 22.7. The minimum atomic E-state index is -1.22. The van der Waals surface area contributed by atoms with E-state index in [1.165, 1.54) is 18.6 Å². The number of hydrazone groups is 1. The van der Waals surface area contributed by atoms with Gasteiger partial charge in [-0.25, -0.2) is 15.2 Å². The highest BCUT2D eigenvalue weighted by molar-refractivity contribution is 6.12. The Balaban J connectivity index is 1.32.